The number of anilines is 2. The minimum Gasteiger partial charge on any atom is -0.495 e. The monoisotopic (exact) mass is 375 g/mol. The van der Waals surface area contributed by atoms with Crippen molar-refractivity contribution in [2.24, 2.45) is 0 Å². The topological polar surface area (TPSA) is 70.7 Å². The summed E-state index contributed by atoms with van der Waals surface area (Å²) in [5, 5.41) is 6.17. The number of nitrogens with zero attached hydrogens (tertiary/aromatic N) is 1. The molecule has 2 aromatic carbocycles. The molecule has 7 heteroatoms. The summed E-state index contributed by atoms with van der Waals surface area (Å²) in [7, 11) is 3.37. The second-order valence-corrected chi connectivity index (χ2v) is 6.38. The van der Waals surface area contributed by atoms with Gasteiger partial charge in [-0.2, -0.15) is 0 Å². The van der Waals surface area contributed by atoms with Crippen molar-refractivity contribution in [1.29, 1.82) is 0 Å². The number of benzene rings is 2. The number of amides is 2. The smallest absolute Gasteiger partial charge is 0.238 e. The molecule has 0 fully saturated rings. The standard InChI is InChI=1S/C19H22ClN3O3/c1-13(24)21-16-7-8-18(26-3)17(10-16)22-19(25)12-23(2)11-14-5-4-6-15(20)9-14/h4-10H,11-12H2,1-3H3,(H,21,24)(H,22,25). The first-order valence-electron chi connectivity index (χ1n) is 8.06. The average Bonchev–Trinajstić information content (AvgIpc) is 2.54. The quantitative estimate of drug-likeness (QED) is 0.778. The van der Waals surface area contributed by atoms with Crippen LogP contribution >= 0.6 is 11.6 Å². The van der Waals surface area contributed by atoms with E-state index in [1.807, 2.05) is 36.2 Å². The predicted octanol–water partition coefficient (Wildman–Crippen LogP) is 3.38. The lowest BCUT2D eigenvalue weighted by Crippen LogP contribution is -2.30. The molecule has 0 saturated carbocycles. The number of methoxy groups -OCH3 is 1. The lowest BCUT2D eigenvalue weighted by Gasteiger charge is -2.18. The number of hydrogen-bond donors (Lipinski definition) is 2. The van der Waals surface area contributed by atoms with Gasteiger partial charge in [0.1, 0.15) is 5.75 Å². The Morgan fingerprint density at radius 1 is 1.15 bits per heavy atom. The van der Waals surface area contributed by atoms with Gasteiger partial charge in [0.2, 0.25) is 11.8 Å². The maximum absolute atomic E-state index is 12.4. The summed E-state index contributed by atoms with van der Waals surface area (Å²) in [5.41, 5.74) is 2.11. The van der Waals surface area contributed by atoms with Gasteiger partial charge in [0.15, 0.2) is 0 Å². The molecular weight excluding hydrogens is 354 g/mol. The summed E-state index contributed by atoms with van der Waals surface area (Å²) in [6, 6.07) is 12.6. The Labute approximate surface area is 158 Å². The van der Waals surface area contributed by atoms with E-state index in [4.69, 9.17) is 16.3 Å². The Bertz CT molecular complexity index is 795. The van der Waals surface area contributed by atoms with Crippen LogP contribution < -0.4 is 15.4 Å². The molecule has 0 radical (unpaired) electrons. The Balaban J connectivity index is 2.00. The van der Waals surface area contributed by atoms with Crippen molar-refractivity contribution in [2.75, 3.05) is 31.3 Å². The Kier molecular flexibility index (Phi) is 7.00. The molecule has 26 heavy (non-hydrogen) atoms. The first-order chi connectivity index (χ1) is 12.4. The first kappa shape index (κ1) is 19.8. The zero-order valence-corrected chi connectivity index (χ0v) is 15.8. The molecule has 138 valence electrons. The van der Waals surface area contributed by atoms with E-state index in [2.05, 4.69) is 10.6 Å². The van der Waals surface area contributed by atoms with Gasteiger partial charge in [0, 0.05) is 24.2 Å². The molecule has 0 heterocycles. The number of ether oxygens (including phenoxy) is 1. The summed E-state index contributed by atoms with van der Waals surface area (Å²) in [5.74, 6) is 0.145. The van der Waals surface area contributed by atoms with E-state index >= 15 is 0 Å². The Morgan fingerprint density at radius 3 is 2.58 bits per heavy atom. The molecule has 2 aromatic rings. The van der Waals surface area contributed by atoms with E-state index < -0.39 is 0 Å². The highest BCUT2D eigenvalue weighted by Crippen LogP contribution is 2.27. The third-order valence-electron chi connectivity index (χ3n) is 3.55. The van der Waals surface area contributed by atoms with Crippen LogP contribution in [0.1, 0.15) is 12.5 Å². The van der Waals surface area contributed by atoms with Crippen molar-refractivity contribution in [1.82, 2.24) is 4.90 Å². The Morgan fingerprint density at radius 2 is 1.92 bits per heavy atom. The third-order valence-corrected chi connectivity index (χ3v) is 3.78. The number of nitrogens with one attached hydrogen (secondary N) is 2. The second-order valence-electron chi connectivity index (χ2n) is 5.95. The van der Waals surface area contributed by atoms with E-state index in [9.17, 15) is 9.59 Å². The van der Waals surface area contributed by atoms with Crippen LogP contribution in [0.3, 0.4) is 0 Å². The van der Waals surface area contributed by atoms with Crippen molar-refractivity contribution in [3.8, 4) is 5.75 Å². The van der Waals surface area contributed by atoms with Crippen LogP contribution in [0.15, 0.2) is 42.5 Å². The lowest BCUT2D eigenvalue weighted by atomic mass is 10.2. The van der Waals surface area contributed by atoms with Gasteiger partial charge in [-0.25, -0.2) is 0 Å². The molecular formula is C19H22ClN3O3. The van der Waals surface area contributed by atoms with Gasteiger partial charge in [-0.3, -0.25) is 14.5 Å². The summed E-state index contributed by atoms with van der Waals surface area (Å²) < 4.78 is 5.26. The maximum atomic E-state index is 12.4. The van der Waals surface area contributed by atoms with E-state index in [1.54, 1.807) is 18.2 Å². The van der Waals surface area contributed by atoms with Crippen molar-refractivity contribution >= 4 is 34.8 Å². The summed E-state index contributed by atoms with van der Waals surface area (Å²) >= 11 is 5.98. The van der Waals surface area contributed by atoms with Gasteiger partial charge in [-0.15, -0.1) is 0 Å². The molecule has 2 rings (SSSR count). The largest absolute Gasteiger partial charge is 0.495 e. The van der Waals surface area contributed by atoms with Crippen LogP contribution in [0.5, 0.6) is 5.75 Å². The fourth-order valence-corrected chi connectivity index (χ4v) is 2.74. The van der Waals surface area contributed by atoms with E-state index in [0.29, 0.717) is 28.7 Å². The van der Waals surface area contributed by atoms with E-state index in [0.717, 1.165) is 5.56 Å². The lowest BCUT2D eigenvalue weighted by molar-refractivity contribution is -0.117. The van der Waals surface area contributed by atoms with Crippen LogP contribution in [0.25, 0.3) is 0 Å². The second kappa shape index (κ2) is 9.22. The van der Waals surface area contributed by atoms with E-state index in [1.165, 1.54) is 14.0 Å². The summed E-state index contributed by atoms with van der Waals surface area (Å²) in [6.45, 7) is 2.21. The van der Waals surface area contributed by atoms with Crippen LogP contribution in [0, 0.1) is 0 Å². The van der Waals surface area contributed by atoms with Crippen LogP contribution in [-0.4, -0.2) is 37.4 Å². The molecule has 0 spiro atoms. The van der Waals surface area contributed by atoms with Gasteiger partial charge in [-0.05, 0) is 42.9 Å². The normalized spacial score (nSPS) is 10.5. The molecule has 0 aromatic heterocycles. The number of carbonyl (C=O) groups excluding carboxylic acids is 2. The SMILES string of the molecule is COc1ccc(NC(C)=O)cc1NC(=O)CN(C)Cc1cccc(Cl)c1. The van der Waals surface area contributed by atoms with Crippen molar-refractivity contribution in [2.45, 2.75) is 13.5 Å². The third kappa shape index (κ3) is 6.06. The van der Waals surface area contributed by atoms with Gasteiger partial charge in [0.05, 0.1) is 19.3 Å². The fourth-order valence-electron chi connectivity index (χ4n) is 2.52. The molecule has 0 unspecified atom stereocenters. The number of likely N-dealkylation sites (N-methyl/N-ethyl adjacent to an activating group) is 1. The van der Waals surface area contributed by atoms with Gasteiger partial charge in [0.25, 0.3) is 0 Å². The molecule has 0 saturated heterocycles. The summed E-state index contributed by atoms with van der Waals surface area (Å²) in [4.78, 5) is 25.4. The predicted molar refractivity (Wildman–Crippen MR) is 104 cm³/mol. The number of hydrogen-bond acceptors (Lipinski definition) is 4. The number of halogens is 1. The molecule has 6 nitrogen and oxygen atoms in total. The average molecular weight is 376 g/mol. The van der Waals surface area contributed by atoms with Crippen LogP contribution in [0.2, 0.25) is 5.02 Å². The van der Waals surface area contributed by atoms with Crippen molar-refractivity contribution in [3.05, 3.63) is 53.1 Å². The van der Waals surface area contributed by atoms with Crippen LogP contribution in [0.4, 0.5) is 11.4 Å². The summed E-state index contributed by atoms with van der Waals surface area (Å²) in [6.07, 6.45) is 0. The molecule has 2 N–H and O–H groups in total. The molecule has 0 bridgehead atoms. The van der Waals surface area contributed by atoms with Crippen molar-refractivity contribution in [3.63, 3.8) is 0 Å². The molecule has 0 aliphatic carbocycles. The number of carbonyl (C=O) groups is 2. The molecule has 0 atom stereocenters. The van der Waals surface area contributed by atoms with Crippen molar-refractivity contribution < 1.29 is 14.3 Å². The highest BCUT2D eigenvalue weighted by molar-refractivity contribution is 6.30. The minimum absolute atomic E-state index is 0.186. The molecule has 0 aliphatic heterocycles. The number of rotatable bonds is 7. The van der Waals surface area contributed by atoms with Gasteiger partial charge < -0.3 is 15.4 Å². The highest BCUT2D eigenvalue weighted by Gasteiger charge is 2.12. The Hall–Kier alpha value is -2.57. The first-order valence-corrected chi connectivity index (χ1v) is 8.43. The van der Waals surface area contributed by atoms with Crippen LogP contribution in [-0.2, 0) is 16.1 Å². The maximum Gasteiger partial charge on any atom is 0.238 e. The molecule has 0 aliphatic rings. The van der Waals surface area contributed by atoms with Gasteiger partial charge in [-0.1, -0.05) is 23.7 Å². The highest BCUT2D eigenvalue weighted by atomic mass is 35.5. The van der Waals surface area contributed by atoms with E-state index in [-0.39, 0.29) is 18.4 Å². The zero-order valence-electron chi connectivity index (χ0n) is 15.0. The molecule has 2 amide bonds. The zero-order chi connectivity index (χ0) is 19.1. The minimum atomic E-state index is -0.187. The van der Waals surface area contributed by atoms with Gasteiger partial charge >= 0.3 is 0 Å². The fraction of sp³-hybridized carbons (Fsp3) is 0.263.